The van der Waals surface area contributed by atoms with Crippen LogP contribution in [0.15, 0.2) is 22.7 Å². The summed E-state index contributed by atoms with van der Waals surface area (Å²) in [6.45, 7) is 0.203. The number of amides is 1. The maximum Gasteiger partial charge on any atom is 0.471 e. The Kier molecular flexibility index (Phi) is 3.31. The van der Waals surface area contributed by atoms with Crippen LogP contribution in [0.2, 0.25) is 0 Å². The zero-order chi connectivity index (χ0) is 14.5. The van der Waals surface area contributed by atoms with Gasteiger partial charge in [-0.3, -0.25) is 4.79 Å². The van der Waals surface area contributed by atoms with Crippen molar-refractivity contribution in [3.63, 3.8) is 0 Å². The fraction of sp³-hybridized carbons (Fsp3) is 0.500. The highest BCUT2D eigenvalue weighted by Gasteiger charge is 2.49. The van der Waals surface area contributed by atoms with Crippen LogP contribution in [0, 0.1) is 0 Å². The van der Waals surface area contributed by atoms with Crippen LogP contribution in [0.3, 0.4) is 0 Å². The number of piperidine rings is 1. The molecule has 0 saturated carbocycles. The van der Waals surface area contributed by atoms with Gasteiger partial charge in [0.15, 0.2) is 0 Å². The van der Waals surface area contributed by atoms with Gasteiger partial charge in [0.25, 0.3) is 0 Å². The minimum absolute atomic E-state index is 0.0400. The zero-order valence-electron chi connectivity index (χ0n) is 10.6. The van der Waals surface area contributed by atoms with Gasteiger partial charge in [0, 0.05) is 23.0 Å². The highest BCUT2D eigenvalue weighted by atomic mass is 79.9. The molecule has 1 fully saturated rings. The van der Waals surface area contributed by atoms with Crippen molar-refractivity contribution in [1.82, 2.24) is 4.90 Å². The van der Waals surface area contributed by atoms with Gasteiger partial charge in [-0.25, -0.2) is 0 Å². The molecule has 2 nitrogen and oxygen atoms in total. The minimum Gasteiger partial charge on any atom is -0.331 e. The maximum atomic E-state index is 12.7. The molecule has 0 aromatic heterocycles. The molecular weight excluding hydrogens is 335 g/mol. The van der Waals surface area contributed by atoms with E-state index in [-0.39, 0.29) is 18.5 Å². The van der Waals surface area contributed by atoms with Crippen LogP contribution < -0.4 is 0 Å². The molecule has 0 radical (unpaired) electrons. The number of likely N-dealkylation sites (tertiary alicyclic amines) is 1. The van der Waals surface area contributed by atoms with Crippen LogP contribution in [0.5, 0.6) is 0 Å². The number of carbonyl (C=O) groups excluding carboxylic acids is 1. The van der Waals surface area contributed by atoms with Crippen LogP contribution >= 0.6 is 15.9 Å². The van der Waals surface area contributed by atoms with Gasteiger partial charge >= 0.3 is 12.1 Å². The van der Waals surface area contributed by atoms with E-state index in [9.17, 15) is 18.0 Å². The third-order valence-electron chi connectivity index (χ3n) is 4.22. The fourth-order valence-corrected chi connectivity index (χ4v) is 3.83. The van der Waals surface area contributed by atoms with Crippen LogP contribution in [0.25, 0.3) is 0 Å². The molecular formula is C14H13BrF3NO. The Labute approximate surface area is 123 Å². The average Bonchev–Trinajstić information content (AvgIpc) is 2.73. The number of hydrogen-bond acceptors (Lipinski definition) is 1. The lowest BCUT2D eigenvalue weighted by Gasteiger charge is -2.38. The highest BCUT2D eigenvalue weighted by Crippen LogP contribution is 2.43. The Morgan fingerprint density at radius 3 is 2.80 bits per heavy atom. The summed E-state index contributed by atoms with van der Waals surface area (Å²) in [5.74, 6) is -1.66. The summed E-state index contributed by atoms with van der Waals surface area (Å²) in [6.07, 6.45) is -2.79. The first kappa shape index (κ1) is 13.9. The number of benzene rings is 1. The lowest BCUT2D eigenvalue weighted by Crippen LogP contribution is -2.51. The number of carbonyl (C=O) groups is 1. The second kappa shape index (κ2) is 4.76. The van der Waals surface area contributed by atoms with Crippen molar-refractivity contribution in [2.45, 2.75) is 37.4 Å². The largest absolute Gasteiger partial charge is 0.471 e. The number of rotatable bonds is 0. The summed E-state index contributed by atoms with van der Waals surface area (Å²) < 4.78 is 39.0. The van der Waals surface area contributed by atoms with Gasteiger partial charge in [0.2, 0.25) is 0 Å². The molecule has 1 amide bonds. The van der Waals surface area contributed by atoms with E-state index in [1.54, 1.807) is 0 Å². The van der Waals surface area contributed by atoms with Gasteiger partial charge in [0.1, 0.15) is 0 Å². The Morgan fingerprint density at radius 2 is 2.10 bits per heavy atom. The molecule has 2 atom stereocenters. The summed E-state index contributed by atoms with van der Waals surface area (Å²) in [5, 5.41) is 0. The van der Waals surface area contributed by atoms with E-state index in [0.717, 1.165) is 26.9 Å². The number of nitrogens with zero attached hydrogens (tertiary/aromatic N) is 1. The van der Waals surface area contributed by atoms with Crippen molar-refractivity contribution < 1.29 is 18.0 Å². The number of hydrogen-bond donors (Lipinski definition) is 0. The second-order valence-corrected chi connectivity index (χ2v) is 6.28. The molecule has 1 aromatic rings. The fourth-order valence-electron chi connectivity index (χ4n) is 3.43. The first-order chi connectivity index (χ1) is 9.38. The zero-order valence-corrected chi connectivity index (χ0v) is 12.2. The molecule has 1 aromatic carbocycles. The predicted molar refractivity (Wildman–Crippen MR) is 71.4 cm³/mol. The molecule has 108 valence electrons. The van der Waals surface area contributed by atoms with E-state index in [1.807, 2.05) is 18.2 Å². The van der Waals surface area contributed by atoms with Crippen molar-refractivity contribution in [1.29, 1.82) is 0 Å². The molecule has 0 bridgehead atoms. The highest BCUT2D eigenvalue weighted by molar-refractivity contribution is 9.10. The lowest BCUT2D eigenvalue weighted by atomic mass is 9.88. The van der Waals surface area contributed by atoms with Gasteiger partial charge in [-0.2, -0.15) is 13.2 Å². The topological polar surface area (TPSA) is 20.3 Å². The van der Waals surface area contributed by atoms with Crippen LogP contribution in [0.4, 0.5) is 13.2 Å². The van der Waals surface area contributed by atoms with E-state index in [0.29, 0.717) is 12.8 Å². The van der Waals surface area contributed by atoms with E-state index in [1.165, 1.54) is 0 Å². The van der Waals surface area contributed by atoms with E-state index >= 15 is 0 Å². The van der Waals surface area contributed by atoms with Crippen LogP contribution in [-0.2, 0) is 11.2 Å². The van der Waals surface area contributed by atoms with Gasteiger partial charge in [-0.15, -0.1) is 0 Å². The third kappa shape index (κ3) is 2.24. The normalized spacial score (nSPS) is 25.3. The maximum absolute atomic E-state index is 12.7. The van der Waals surface area contributed by atoms with Crippen LogP contribution in [-0.4, -0.2) is 29.6 Å². The van der Waals surface area contributed by atoms with Crippen molar-refractivity contribution in [2.24, 2.45) is 0 Å². The van der Waals surface area contributed by atoms with Crippen molar-refractivity contribution in [3.05, 3.63) is 33.8 Å². The Bertz CT molecular complexity index is 558. The summed E-state index contributed by atoms with van der Waals surface area (Å²) in [4.78, 5) is 12.6. The molecule has 1 aliphatic heterocycles. The number of halogens is 4. The van der Waals surface area contributed by atoms with Gasteiger partial charge in [-0.05, 0) is 42.5 Å². The molecule has 0 spiro atoms. The Morgan fingerprint density at radius 1 is 1.35 bits per heavy atom. The minimum atomic E-state index is -4.78. The molecule has 3 rings (SSSR count). The van der Waals surface area contributed by atoms with Gasteiger partial charge in [0.05, 0.1) is 0 Å². The lowest BCUT2D eigenvalue weighted by molar-refractivity contribution is -0.189. The molecule has 20 heavy (non-hydrogen) atoms. The van der Waals surface area contributed by atoms with Crippen LogP contribution in [0.1, 0.15) is 29.9 Å². The predicted octanol–water partition coefficient (Wildman–Crippen LogP) is 3.64. The third-order valence-corrected chi connectivity index (χ3v) is 4.71. The van der Waals surface area contributed by atoms with E-state index in [4.69, 9.17) is 0 Å². The Balaban J connectivity index is 1.92. The van der Waals surface area contributed by atoms with Crippen molar-refractivity contribution >= 4 is 21.8 Å². The van der Waals surface area contributed by atoms with E-state index in [2.05, 4.69) is 15.9 Å². The molecule has 2 aliphatic rings. The smallest absolute Gasteiger partial charge is 0.331 e. The monoisotopic (exact) mass is 347 g/mol. The first-order valence-corrected chi connectivity index (χ1v) is 7.33. The number of fused-ring (bicyclic) bond motifs is 3. The molecule has 1 aliphatic carbocycles. The van der Waals surface area contributed by atoms with Crippen molar-refractivity contribution in [2.75, 3.05) is 6.54 Å². The Hall–Kier alpha value is -1.04. The van der Waals surface area contributed by atoms with Crippen molar-refractivity contribution in [3.8, 4) is 0 Å². The molecule has 1 heterocycles. The molecule has 0 N–H and O–H groups in total. The summed E-state index contributed by atoms with van der Waals surface area (Å²) in [7, 11) is 0. The molecule has 2 unspecified atom stereocenters. The SMILES string of the molecule is O=C(N1CCCC2c3ccc(Br)cc3CC21)C(F)(F)F. The molecule has 1 saturated heterocycles. The van der Waals surface area contributed by atoms with Gasteiger partial charge in [-0.1, -0.05) is 22.0 Å². The summed E-state index contributed by atoms with van der Waals surface area (Å²) >= 11 is 3.38. The first-order valence-electron chi connectivity index (χ1n) is 6.54. The number of alkyl halides is 3. The standard InChI is InChI=1S/C14H13BrF3NO/c15-9-3-4-10-8(6-9)7-12-11(10)2-1-5-19(12)13(20)14(16,17)18/h3-4,6,11-12H,1-2,5,7H2. The summed E-state index contributed by atoms with van der Waals surface area (Å²) in [6, 6.07) is 5.48. The average molecular weight is 348 g/mol. The van der Waals surface area contributed by atoms with Gasteiger partial charge < -0.3 is 4.90 Å². The quantitative estimate of drug-likeness (QED) is 0.701. The second-order valence-electron chi connectivity index (χ2n) is 5.36. The molecule has 6 heteroatoms. The van der Waals surface area contributed by atoms with E-state index < -0.39 is 12.1 Å². The summed E-state index contributed by atoms with van der Waals surface area (Å²) in [5.41, 5.74) is 2.15.